The van der Waals surface area contributed by atoms with Crippen molar-refractivity contribution in [3.63, 3.8) is 0 Å². The number of piperazine rings is 1. The number of carbonyl (C=O) groups is 1. The first-order chi connectivity index (χ1) is 12.5. The summed E-state index contributed by atoms with van der Waals surface area (Å²) in [5.41, 5.74) is 0.516. The summed E-state index contributed by atoms with van der Waals surface area (Å²) in [6.45, 7) is 3.15. The number of benzene rings is 1. The molecule has 1 amide bonds. The molecule has 140 valence electrons. The lowest BCUT2D eigenvalue weighted by molar-refractivity contribution is -0.132. The fourth-order valence-corrected chi connectivity index (χ4v) is 3.79. The van der Waals surface area contributed by atoms with Gasteiger partial charge >= 0.3 is 0 Å². The van der Waals surface area contributed by atoms with Gasteiger partial charge in [-0.05, 0) is 22.6 Å². The molecule has 0 spiro atoms. The van der Waals surface area contributed by atoms with E-state index in [4.69, 9.17) is 11.6 Å². The van der Waals surface area contributed by atoms with Gasteiger partial charge in [-0.1, -0.05) is 29.4 Å². The maximum atomic E-state index is 13.9. The SMILES string of the molecule is Cn1nnnc1SCCC(=O)N1CCN(Cc2c(F)cccc2Cl)CC1. The third-order valence-electron chi connectivity index (χ3n) is 4.30. The normalized spacial score (nSPS) is 15.4. The summed E-state index contributed by atoms with van der Waals surface area (Å²) >= 11 is 7.55. The van der Waals surface area contributed by atoms with Crippen molar-refractivity contribution in [3.05, 3.63) is 34.6 Å². The Labute approximate surface area is 160 Å². The Hall–Kier alpha value is -1.71. The Bertz CT molecular complexity index is 745. The van der Waals surface area contributed by atoms with Crippen molar-refractivity contribution in [3.8, 4) is 0 Å². The number of carbonyl (C=O) groups excluding carboxylic acids is 1. The summed E-state index contributed by atoms with van der Waals surface area (Å²) in [6, 6.07) is 4.72. The highest BCUT2D eigenvalue weighted by atomic mass is 35.5. The van der Waals surface area contributed by atoms with Crippen molar-refractivity contribution in [2.24, 2.45) is 7.05 Å². The van der Waals surface area contributed by atoms with Gasteiger partial charge in [-0.25, -0.2) is 9.07 Å². The molecule has 2 aromatic rings. The number of aromatic nitrogens is 4. The van der Waals surface area contributed by atoms with Crippen LogP contribution in [0.1, 0.15) is 12.0 Å². The summed E-state index contributed by atoms with van der Waals surface area (Å²) in [7, 11) is 1.77. The van der Waals surface area contributed by atoms with Gasteiger partial charge in [-0.2, -0.15) is 0 Å². The molecule has 1 saturated heterocycles. The van der Waals surface area contributed by atoms with E-state index in [0.717, 1.165) is 0 Å². The predicted octanol–water partition coefficient (Wildman–Crippen LogP) is 1.83. The average molecular weight is 399 g/mol. The second-order valence-corrected chi connectivity index (χ2v) is 7.51. The van der Waals surface area contributed by atoms with Crippen molar-refractivity contribution in [2.45, 2.75) is 18.1 Å². The lowest BCUT2D eigenvalue weighted by atomic mass is 10.2. The van der Waals surface area contributed by atoms with Gasteiger partial charge in [0, 0.05) is 62.5 Å². The van der Waals surface area contributed by atoms with E-state index in [0.29, 0.717) is 60.6 Å². The molecule has 1 aliphatic heterocycles. The van der Waals surface area contributed by atoms with Gasteiger partial charge in [0.15, 0.2) is 0 Å². The zero-order chi connectivity index (χ0) is 18.5. The molecule has 0 unspecified atom stereocenters. The van der Waals surface area contributed by atoms with Crippen LogP contribution in [0.5, 0.6) is 0 Å². The molecule has 7 nitrogen and oxygen atoms in total. The van der Waals surface area contributed by atoms with Crippen LogP contribution in [-0.4, -0.2) is 67.8 Å². The highest BCUT2D eigenvalue weighted by Crippen LogP contribution is 2.21. The van der Waals surface area contributed by atoms with Gasteiger partial charge in [0.2, 0.25) is 11.1 Å². The molecule has 1 aromatic carbocycles. The smallest absolute Gasteiger partial charge is 0.223 e. The number of rotatable bonds is 6. The minimum Gasteiger partial charge on any atom is -0.340 e. The molecule has 1 aromatic heterocycles. The average Bonchev–Trinajstić information content (AvgIpc) is 3.04. The van der Waals surface area contributed by atoms with Crippen molar-refractivity contribution >= 4 is 29.3 Å². The van der Waals surface area contributed by atoms with Crippen molar-refractivity contribution in [1.29, 1.82) is 0 Å². The van der Waals surface area contributed by atoms with Crippen LogP contribution in [0.4, 0.5) is 4.39 Å². The standard InChI is InChI=1S/C16H20ClFN6OS/c1-22-16(19-20-21-22)26-10-5-15(25)24-8-6-23(7-9-24)11-12-13(17)3-2-4-14(12)18/h2-4H,5-11H2,1H3. The van der Waals surface area contributed by atoms with Crippen LogP contribution in [0.2, 0.25) is 5.02 Å². The van der Waals surface area contributed by atoms with Gasteiger partial charge in [-0.15, -0.1) is 5.10 Å². The van der Waals surface area contributed by atoms with E-state index in [1.54, 1.807) is 23.9 Å². The molecule has 0 saturated carbocycles. The third kappa shape index (κ3) is 4.72. The molecule has 2 heterocycles. The Morgan fingerprint density at radius 1 is 1.31 bits per heavy atom. The second kappa shape index (κ2) is 8.79. The van der Waals surface area contributed by atoms with Crippen LogP contribution in [0, 0.1) is 5.82 Å². The first-order valence-corrected chi connectivity index (χ1v) is 9.69. The first-order valence-electron chi connectivity index (χ1n) is 8.33. The van der Waals surface area contributed by atoms with Crippen LogP contribution in [0.15, 0.2) is 23.4 Å². The van der Waals surface area contributed by atoms with Crippen LogP contribution in [0.3, 0.4) is 0 Å². The monoisotopic (exact) mass is 398 g/mol. The zero-order valence-corrected chi connectivity index (χ0v) is 16.0. The van der Waals surface area contributed by atoms with E-state index in [-0.39, 0.29) is 11.7 Å². The second-order valence-electron chi connectivity index (χ2n) is 6.04. The molecular weight excluding hydrogens is 379 g/mol. The minimum absolute atomic E-state index is 0.121. The molecule has 1 aliphatic rings. The topological polar surface area (TPSA) is 67.2 Å². The maximum Gasteiger partial charge on any atom is 0.223 e. The first kappa shape index (κ1) is 19.1. The number of hydrogen-bond donors (Lipinski definition) is 0. The molecule has 1 fully saturated rings. The molecule has 0 aliphatic carbocycles. The van der Waals surface area contributed by atoms with Gasteiger partial charge in [0.25, 0.3) is 0 Å². The fourth-order valence-electron chi connectivity index (χ4n) is 2.79. The number of halogens is 2. The van der Waals surface area contributed by atoms with Gasteiger partial charge in [-0.3, -0.25) is 9.69 Å². The Balaban J connectivity index is 1.43. The zero-order valence-electron chi connectivity index (χ0n) is 14.4. The summed E-state index contributed by atoms with van der Waals surface area (Å²) in [5.74, 6) is 0.473. The summed E-state index contributed by atoms with van der Waals surface area (Å²) in [4.78, 5) is 16.3. The highest BCUT2D eigenvalue weighted by molar-refractivity contribution is 7.99. The number of aryl methyl sites for hydroxylation is 1. The fraction of sp³-hybridized carbons (Fsp3) is 0.500. The van der Waals surface area contributed by atoms with Gasteiger partial charge < -0.3 is 4.90 Å². The minimum atomic E-state index is -0.286. The molecule has 26 heavy (non-hydrogen) atoms. The Morgan fingerprint density at radius 2 is 2.08 bits per heavy atom. The molecule has 0 atom stereocenters. The maximum absolute atomic E-state index is 13.9. The van der Waals surface area contributed by atoms with Crippen LogP contribution >= 0.6 is 23.4 Å². The van der Waals surface area contributed by atoms with Crippen molar-refractivity contribution in [2.75, 3.05) is 31.9 Å². The summed E-state index contributed by atoms with van der Waals surface area (Å²) in [5, 5.41) is 12.3. The highest BCUT2D eigenvalue weighted by Gasteiger charge is 2.22. The molecule has 10 heteroatoms. The van der Waals surface area contributed by atoms with Crippen molar-refractivity contribution < 1.29 is 9.18 Å². The number of thioether (sulfide) groups is 1. The lowest BCUT2D eigenvalue weighted by Crippen LogP contribution is -2.48. The summed E-state index contributed by atoms with van der Waals surface area (Å²) in [6.07, 6.45) is 0.441. The Kier molecular flexibility index (Phi) is 6.44. The largest absolute Gasteiger partial charge is 0.340 e. The van der Waals surface area contributed by atoms with E-state index >= 15 is 0 Å². The van der Waals surface area contributed by atoms with Gasteiger partial charge in [0.1, 0.15) is 5.82 Å². The molecular formula is C16H20ClFN6OS. The summed E-state index contributed by atoms with van der Waals surface area (Å²) < 4.78 is 15.5. The lowest BCUT2D eigenvalue weighted by Gasteiger charge is -2.35. The Morgan fingerprint density at radius 3 is 2.73 bits per heavy atom. The van der Waals surface area contributed by atoms with E-state index in [9.17, 15) is 9.18 Å². The molecule has 0 bridgehead atoms. The quantitative estimate of drug-likeness (QED) is 0.691. The van der Waals surface area contributed by atoms with E-state index < -0.39 is 0 Å². The van der Waals surface area contributed by atoms with Gasteiger partial charge in [0.05, 0.1) is 0 Å². The number of nitrogens with zero attached hydrogens (tertiary/aromatic N) is 6. The molecule has 3 rings (SSSR count). The predicted molar refractivity (Wildman–Crippen MR) is 97.4 cm³/mol. The number of hydrogen-bond acceptors (Lipinski definition) is 6. The number of amides is 1. The molecule has 0 radical (unpaired) electrons. The van der Waals surface area contributed by atoms with E-state index in [2.05, 4.69) is 20.4 Å². The number of tetrazole rings is 1. The van der Waals surface area contributed by atoms with Crippen LogP contribution in [0.25, 0.3) is 0 Å². The van der Waals surface area contributed by atoms with Crippen LogP contribution < -0.4 is 0 Å². The third-order valence-corrected chi connectivity index (χ3v) is 5.66. The van der Waals surface area contributed by atoms with Crippen molar-refractivity contribution in [1.82, 2.24) is 30.0 Å². The van der Waals surface area contributed by atoms with E-state index in [1.807, 2.05) is 4.90 Å². The van der Waals surface area contributed by atoms with E-state index in [1.165, 1.54) is 17.8 Å². The molecule has 0 N–H and O–H groups in total. The van der Waals surface area contributed by atoms with Crippen LogP contribution in [-0.2, 0) is 18.4 Å².